The number of hydrogen-bond donors (Lipinski definition) is 2. The summed E-state index contributed by atoms with van der Waals surface area (Å²) in [5.41, 5.74) is 3.15. The van der Waals surface area contributed by atoms with E-state index in [9.17, 15) is 14.9 Å². The summed E-state index contributed by atoms with van der Waals surface area (Å²) >= 11 is 5.70. The number of nitro groups is 1. The van der Waals surface area contributed by atoms with Gasteiger partial charge in [0.25, 0.3) is 5.91 Å². The highest BCUT2D eigenvalue weighted by Crippen LogP contribution is 2.21. The summed E-state index contributed by atoms with van der Waals surface area (Å²) in [4.78, 5) is 21.4. The van der Waals surface area contributed by atoms with Crippen molar-refractivity contribution in [3.63, 3.8) is 0 Å². The Kier molecular flexibility index (Phi) is 3.97. The van der Waals surface area contributed by atoms with Crippen molar-refractivity contribution in [2.45, 2.75) is 6.54 Å². The number of halogens is 1. The van der Waals surface area contributed by atoms with Gasteiger partial charge in [0.2, 0.25) is 0 Å². The highest BCUT2D eigenvalue weighted by molar-refractivity contribution is 6.32. The van der Waals surface area contributed by atoms with E-state index in [1.807, 2.05) is 5.43 Å². The lowest BCUT2D eigenvalue weighted by atomic mass is 10.1. The molecule has 0 saturated carbocycles. The molecule has 0 aliphatic rings. The van der Waals surface area contributed by atoms with E-state index in [0.29, 0.717) is 5.56 Å². The van der Waals surface area contributed by atoms with Crippen LogP contribution in [0.4, 0.5) is 5.82 Å². The predicted octanol–water partition coefficient (Wildman–Crippen LogP) is 1.10. The molecule has 0 aliphatic heterocycles. The molecule has 20 heavy (non-hydrogen) atoms. The van der Waals surface area contributed by atoms with Crippen molar-refractivity contribution in [2.75, 3.05) is 0 Å². The smallest absolute Gasteiger partial charge is 0.358 e. The number of hydrazine groups is 1. The van der Waals surface area contributed by atoms with Crippen LogP contribution in [0, 0.1) is 10.1 Å². The Bertz CT molecular complexity index is 670. The van der Waals surface area contributed by atoms with Gasteiger partial charge in [0.1, 0.15) is 0 Å². The zero-order valence-corrected chi connectivity index (χ0v) is 10.9. The molecule has 2 rings (SSSR count). The molecule has 9 heteroatoms. The molecule has 0 saturated heterocycles. The summed E-state index contributed by atoms with van der Waals surface area (Å²) in [6.45, 7) is 0.249. The lowest BCUT2D eigenvalue weighted by Crippen LogP contribution is -2.30. The van der Waals surface area contributed by atoms with Crippen molar-refractivity contribution < 1.29 is 9.72 Å². The van der Waals surface area contributed by atoms with Gasteiger partial charge in [-0.05, 0) is 22.6 Å². The Morgan fingerprint density at radius 2 is 2.30 bits per heavy atom. The van der Waals surface area contributed by atoms with E-state index in [0.717, 1.165) is 5.56 Å². The van der Waals surface area contributed by atoms with E-state index in [1.165, 1.54) is 10.9 Å². The molecule has 1 heterocycles. The molecule has 0 atom stereocenters. The number of nitrogen functional groups attached to an aromatic ring is 1. The quantitative estimate of drug-likeness (QED) is 0.379. The normalized spacial score (nSPS) is 10.3. The van der Waals surface area contributed by atoms with Crippen LogP contribution < -0.4 is 11.3 Å². The minimum absolute atomic E-state index is 0.0362. The van der Waals surface area contributed by atoms with E-state index < -0.39 is 16.6 Å². The van der Waals surface area contributed by atoms with Gasteiger partial charge >= 0.3 is 5.82 Å². The molecule has 1 aromatic carbocycles. The van der Waals surface area contributed by atoms with Gasteiger partial charge < -0.3 is 10.1 Å². The Labute approximate surface area is 118 Å². The van der Waals surface area contributed by atoms with E-state index >= 15 is 0 Å². The van der Waals surface area contributed by atoms with Gasteiger partial charge in [-0.25, -0.2) is 5.84 Å². The third-order valence-electron chi connectivity index (χ3n) is 2.54. The van der Waals surface area contributed by atoms with Crippen LogP contribution in [0.15, 0.2) is 30.5 Å². The van der Waals surface area contributed by atoms with Crippen LogP contribution in [-0.2, 0) is 6.54 Å². The van der Waals surface area contributed by atoms with E-state index in [2.05, 4.69) is 5.10 Å². The molecule has 2 aromatic rings. The number of carbonyl (C=O) groups excluding carboxylic acids is 1. The minimum atomic E-state index is -0.656. The average molecular weight is 296 g/mol. The fourth-order valence-corrected chi connectivity index (χ4v) is 1.89. The van der Waals surface area contributed by atoms with Gasteiger partial charge in [-0.1, -0.05) is 23.7 Å². The number of rotatable bonds is 4. The molecule has 104 valence electrons. The fourth-order valence-electron chi connectivity index (χ4n) is 1.67. The van der Waals surface area contributed by atoms with Gasteiger partial charge in [0.15, 0.2) is 5.02 Å². The minimum Gasteiger partial charge on any atom is -0.358 e. The van der Waals surface area contributed by atoms with Crippen LogP contribution in [0.3, 0.4) is 0 Å². The molecule has 0 unspecified atom stereocenters. The van der Waals surface area contributed by atoms with E-state index in [1.54, 1.807) is 24.3 Å². The number of nitrogens with zero attached hydrogens (tertiary/aromatic N) is 3. The fraction of sp³-hybridized carbons (Fsp3) is 0.0909. The van der Waals surface area contributed by atoms with Gasteiger partial charge in [-0.2, -0.15) is 4.68 Å². The summed E-state index contributed by atoms with van der Waals surface area (Å²) in [7, 11) is 0. The molecule has 3 N–H and O–H groups in total. The zero-order valence-electron chi connectivity index (χ0n) is 10.1. The summed E-state index contributed by atoms with van der Waals surface area (Å²) in [6.07, 6.45) is 1.36. The summed E-state index contributed by atoms with van der Waals surface area (Å²) in [6, 6.07) is 6.65. The monoisotopic (exact) mass is 295 g/mol. The first-order valence-corrected chi connectivity index (χ1v) is 5.86. The van der Waals surface area contributed by atoms with Gasteiger partial charge in [-0.15, -0.1) is 0 Å². The second kappa shape index (κ2) is 5.68. The maximum atomic E-state index is 11.4. The lowest BCUT2D eigenvalue weighted by Gasteiger charge is -2.02. The Morgan fingerprint density at radius 3 is 2.90 bits per heavy atom. The van der Waals surface area contributed by atoms with Crippen molar-refractivity contribution in [2.24, 2.45) is 5.84 Å². The second-order valence-electron chi connectivity index (χ2n) is 3.93. The molecule has 0 bridgehead atoms. The number of hydrogen-bond acceptors (Lipinski definition) is 5. The number of carbonyl (C=O) groups is 1. The maximum Gasteiger partial charge on any atom is 0.408 e. The van der Waals surface area contributed by atoms with Crippen molar-refractivity contribution in [1.82, 2.24) is 15.2 Å². The number of benzene rings is 1. The molecule has 0 fully saturated rings. The van der Waals surface area contributed by atoms with Crippen LogP contribution >= 0.6 is 11.6 Å². The second-order valence-corrected chi connectivity index (χ2v) is 4.34. The molecule has 8 nitrogen and oxygen atoms in total. The molecule has 1 aromatic heterocycles. The Balaban J connectivity index is 2.24. The van der Waals surface area contributed by atoms with Crippen molar-refractivity contribution in [3.8, 4) is 0 Å². The van der Waals surface area contributed by atoms with Crippen LogP contribution in [-0.4, -0.2) is 20.6 Å². The first kappa shape index (κ1) is 14.0. The molecule has 0 spiro atoms. The standard InChI is InChI=1S/C11H10ClN5O3/c12-9-6-16(15-10(9)17(19)20)5-7-2-1-3-8(4-7)11(18)14-13/h1-4,6H,5,13H2,(H,14,18). The lowest BCUT2D eigenvalue weighted by molar-refractivity contribution is -0.389. The van der Waals surface area contributed by atoms with Gasteiger partial charge in [0.05, 0.1) is 17.8 Å². The van der Waals surface area contributed by atoms with Gasteiger partial charge in [-0.3, -0.25) is 10.2 Å². The summed E-state index contributed by atoms with van der Waals surface area (Å²) in [5.74, 6) is 4.23. The Hall–Kier alpha value is -2.45. The topological polar surface area (TPSA) is 116 Å². The predicted molar refractivity (Wildman–Crippen MR) is 71.1 cm³/mol. The third-order valence-corrected chi connectivity index (χ3v) is 2.80. The van der Waals surface area contributed by atoms with E-state index in [4.69, 9.17) is 17.4 Å². The SMILES string of the molecule is NNC(=O)c1cccc(Cn2cc(Cl)c([N+](=O)[O-])n2)c1. The zero-order chi connectivity index (χ0) is 14.7. The van der Waals surface area contributed by atoms with Crippen molar-refractivity contribution in [1.29, 1.82) is 0 Å². The van der Waals surface area contributed by atoms with Crippen LogP contribution in [0.5, 0.6) is 0 Å². The summed E-state index contributed by atoms with van der Waals surface area (Å²) in [5, 5.41) is 14.4. The third kappa shape index (κ3) is 2.92. The van der Waals surface area contributed by atoms with Crippen molar-refractivity contribution >= 4 is 23.3 Å². The molecule has 0 aliphatic carbocycles. The molecule has 0 radical (unpaired) electrons. The average Bonchev–Trinajstić information content (AvgIpc) is 2.79. The van der Waals surface area contributed by atoms with Crippen LogP contribution in [0.2, 0.25) is 5.02 Å². The van der Waals surface area contributed by atoms with Gasteiger partial charge in [0, 0.05) is 5.56 Å². The van der Waals surface area contributed by atoms with Crippen LogP contribution in [0.1, 0.15) is 15.9 Å². The van der Waals surface area contributed by atoms with Crippen molar-refractivity contribution in [3.05, 3.63) is 56.7 Å². The molecular weight excluding hydrogens is 286 g/mol. The number of amides is 1. The Morgan fingerprint density at radius 1 is 1.55 bits per heavy atom. The molecule has 1 amide bonds. The molecular formula is C11H10ClN5O3. The highest BCUT2D eigenvalue weighted by Gasteiger charge is 2.19. The first-order valence-electron chi connectivity index (χ1n) is 5.48. The summed E-state index contributed by atoms with van der Waals surface area (Å²) < 4.78 is 1.33. The highest BCUT2D eigenvalue weighted by atomic mass is 35.5. The first-order chi connectivity index (χ1) is 9.51. The largest absolute Gasteiger partial charge is 0.408 e. The van der Waals surface area contributed by atoms with Crippen LogP contribution in [0.25, 0.3) is 0 Å². The maximum absolute atomic E-state index is 11.4. The number of nitrogens with one attached hydrogen (secondary N) is 1. The number of aromatic nitrogens is 2. The number of nitrogens with two attached hydrogens (primary N) is 1. The van der Waals surface area contributed by atoms with E-state index in [-0.39, 0.29) is 11.6 Å².